The normalized spacial score (nSPS) is 22.4. The lowest BCUT2D eigenvalue weighted by Gasteiger charge is -2.29. The molecule has 1 aromatic carbocycles. The van der Waals surface area contributed by atoms with Gasteiger partial charge in [0.1, 0.15) is 0 Å². The lowest BCUT2D eigenvalue weighted by Crippen LogP contribution is -2.22. The number of rotatable bonds is 1. The highest BCUT2D eigenvalue weighted by Crippen LogP contribution is 2.46. The molecular weight excluding hydrogens is 227 g/mol. The van der Waals surface area contributed by atoms with Crippen LogP contribution in [0.5, 0.6) is 0 Å². The summed E-state index contributed by atoms with van der Waals surface area (Å²) in [5.41, 5.74) is 2.57. The van der Waals surface area contributed by atoms with Gasteiger partial charge in [0.25, 0.3) is 6.08 Å². The van der Waals surface area contributed by atoms with Gasteiger partial charge in [-0.05, 0) is 24.5 Å². The highest BCUT2D eigenvalue weighted by molar-refractivity contribution is 5.80. The predicted molar refractivity (Wildman–Crippen MR) is 71.5 cm³/mol. The van der Waals surface area contributed by atoms with Crippen LogP contribution in [0.3, 0.4) is 0 Å². The maximum atomic E-state index is 14.1. The number of allylic oxidation sites excluding steroid dienone is 2. The van der Waals surface area contributed by atoms with Crippen molar-refractivity contribution in [1.82, 2.24) is 9.55 Å². The minimum absolute atomic E-state index is 0.0235. The predicted octanol–water partition coefficient (Wildman–Crippen LogP) is 4.08. The quantitative estimate of drug-likeness (QED) is 0.739. The van der Waals surface area contributed by atoms with E-state index in [0.717, 1.165) is 17.6 Å². The van der Waals surface area contributed by atoms with Crippen molar-refractivity contribution >= 4 is 16.7 Å². The summed E-state index contributed by atoms with van der Waals surface area (Å²) in [4.78, 5) is 4.00. The Labute approximate surface area is 106 Å². The zero-order valence-corrected chi connectivity index (χ0v) is 10.9. The second-order valence-electron chi connectivity index (χ2n) is 5.65. The minimum Gasteiger partial charge on any atom is -0.272 e. The van der Waals surface area contributed by atoms with Crippen LogP contribution in [0.15, 0.2) is 30.3 Å². The summed E-state index contributed by atoms with van der Waals surface area (Å²) in [6.07, 6.45) is 2.72. The number of halogens is 1. The monoisotopic (exact) mass is 244 g/mol. The Bertz CT molecular complexity index is 637. The lowest BCUT2D eigenvalue weighted by molar-refractivity contribution is 0.333. The van der Waals surface area contributed by atoms with Crippen LogP contribution in [0.4, 0.5) is 4.39 Å². The molecule has 2 aromatic rings. The van der Waals surface area contributed by atoms with E-state index in [2.05, 4.69) is 31.8 Å². The van der Waals surface area contributed by atoms with Crippen molar-refractivity contribution in [3.63, 3.8) is 0 Å². The van der Waals surface area contributed by atoms with Crippen LogP contribution in [0.1, 0.15) is 27.2 Å². The fraction of sp³-hybridized carbons (Fsp3) is 0.400. The van der Waals surface area contributed by atoms with Gasteiger partial charge in [-0.25, -0.2) is 4.98 Å². The van der Waals surface area contributed by atoms with E-state index in [9.17, 15) is 4.39 Å². The topological polar surface area (TPSA) is 17.8 Å². The number of fused-ring (bicyclic) bond motifs is 1. The first-order valence-corrected chi connectivity index (χ1v) is 6.36. The third-order valence-corrected chi connectivity index (χ3v) is 4.32. The molecule has 18 heavy (non-hydrogen) atoms. The van der Waals surface area contributed by atoms with Crippen LogP contribution in [0.25, 0.3) is 16.7 Å². The zero-order chi connectivity index (χ0) is 12.9. The highest BCUT2D eigenvalue weighted by Gasteiger charge is 2.37. The Kier molecular flexibility index (Phi) is 2.34. The Hall–Kier alpha value is -1.64. The fourth-order valence-electron chi connectivity index (χ4n) is 2.70. The van der Waals surface area contributed by atoms with E-state index in [1.807, 2.05) is 24.3 Å². The molecule has 1 aliphatic rings. The maximum absolute atomic E-state index is 14.1. The number of imidazole rings is 1. The van der Waals surface area contributed by atoms with Crippen LogP contribution in [0.2, 0.25) is 0 Å². The molecule has 3 heteroatoms. The molecule has 0 aliphatic heterocycles. The summed E-state index contributed by atoms with van der Waals surface area (Å²) < 4.78 is 15.8. The lowest BCUT2D eigenvalue weighted by atomic mass is 9.81. The van der Waals surface area contributed by atoms with Gasteiger partial charge >= 0.3 is 0 Å². The number of nitrogens with zero attached hydrogens (tertiary/aromatic N) is 2. The van der Waals surface area contributed by atoms with E-state index in [0.29, 0.717) is 11.4 Å². The summed E-state index contributed by atoms with van der Waals surface area (Å²) in [6.45, 7) is 6.55. The highest BCUT2D eigenvalue weighted by atomic mass is 19.1. The molecule has 3 rings (SSSR count). The molecule has 0 spiro atoms. The fourth-order valence-corrected chi connectivity index (χ4v) is 2.70. The first-order chi connectivity index (χ1) is 8.51. The van der Waals surface area contributed by atoms with Crippen molar-refractivity contribution in [2.45, 2.75) is 27.2 Å². The molecule has 0 N–H and O–H groups in total. The van der Waals surface area contributed by atoms with Crippen molar-refractivity contribution in [3.8, 4) is 0 Å². The van der Waals surface area contributed by atoms with Crippen molar-refractivity contribution in [2.75, 3.05) is 0 Å². The van der Waals surface area contributed by atoms with Crippen LogP contribution >= 0.6 is 0 Å². The zero-order valence-electron chi connectivity index (χ0n) is 10.9. The van der Waals surface area contributed by atoms with Crippen LogP contribution in [0, 0.1) is 17.4 Å². The van der Waals surface area contributed by atoms with Gasteiger partial charge in [-0.15, -0.1) is 0 Å². The van der Waals surface area contributed by atoms with Crippen LogP contribution < -0.4 is 0 Å². The van der Waals surface area contributed by atoms with Crippen molar-refractivity contribution in [3.05, 3.63) is 36.4 Å². The molecule has 1 atom stereocenters. The molecule has 0 bridgehead atoms. The van der Waals surface area contributed by atoms with E-state index in [4.69, 9.17) is 0 Å². The second kappa shape index (κ2) is 3.67. The molecule has 94 valence electrons. The number of para-hydroxylation sites is 2. The molecule has 0 radical (unpaired) electrons. The van der Waals surface area contributed by atoms with Gasteiger partial charge in [0, 0.05) is 11.1 Å². The average molecular weight is 244 g/mol. The Balaban J connectivity index is 2.24. The summed E-state index contributed by atoms with van der Waals surface area (Å²) in [5.74, 6) is 0.521. The van der Waals surface area contributed by atoms with Crippen molar-refractivity contribution < 1.29 is 4.39 Å². The van der Waals surface area contributed by atoms with Gasteiger partial charge in [-0.3, -0.25) is 4.57 Å². The molecule has 0 saturated carbocycles. The molecule has 1 unspecified atom stereocenters. The first-order valence-electron chi connectivity index (χ1n) is 6.36. The number of hydrogen-bond acceptors (Lipinski definition) is 1. The second-order valence-corrected chi connectivity index (χ2v) is 5.65. The Morgan fingerprint density at radius 3 is 2.72 bits per heavy atom. The van der Waals surface area contributed by atoms with Gasteiger partial charge in [0.05, 0.1) is 11.0 Å². The molecular formula is C15H17FN2. The van der Waals surface area contributed by atoms with Crippen molar-refractivity contribution in [2.24, 2.45) is 11.3 Å². The smallest absolute Gasteiger partial charge is 0.272 e. The molecule has 0 saturated heterocycles. The molecule has 1 heterocycles. The minimum atomic E-state index is -0.412. The SMILES string of the molecule is CC1CC=C(n2c(F)nc3ccccc32)C1(C)C. The summed E-state index contributed by atoms with van der Waals surface area (Å²) in [5, 5.41) is 0. The number of benzene rings is 1. The van der Waals surface area contributed by atoms with E-state index >= 15 is 0 Å². The number of hydrogen-bond donors (Lipinski definition) is 0. The van der Waals surface area contributed by atoms with Crippen LogP contribution in [-0.2, 0) is 0 Å². The first kappa shape index (κ1) is 11.5. The largest absolute Gasteiger partial charge is 0.294 e. The molecule has 0 fully saturated rings. The van der Waals surface area contributed by atoms with E-state index in [-0.39, 0.29) is 5.41 Å². The Morgan fingerprint density at radius 1 is 1.33 bits per heavy atom. The van der Waals surface area contributed by atoms with Gasteiger partial charge in [0.15, 0.2) is 0 Å². The van der Waals surface area contributed by atoms with Gasteiger partial charge in [-0.2, -0.15) is 4.39 Å². The number of aromatic nitrogens is 2. The van der Waals surface area contributed by atoms with E-state index in [1.54, 1.807) is 4.57 Å². The maximum Gasteiger partial charge on any atom is 0.294 e. The van der Waals surface area contributed by atoms with E-state index in [1.165, 1.54) is 0 Å². The molecule has 0 amide bonds. The van der Waals surface area contributed by atoms with Gasteiger partial charge < -0.3 is 0 Å². The van der Waals surface area contributed by atoms with Crippen LogP contribution in [-0.4, -0.2) is 9.55 Å². The molecule has 1 aliphatic carbocycles. The molecule has 1 aromatic heterocycles. The summed E-state index contributed by atoms with van der Waals surface area (Å²) >= 11 is 0. The van der Waals surface area contributed by atoms with E-state index < -0.39 is 6.08 Å². The standard InChI is InChI=1S/C15H17FN2/c1-10-8-9-13(15(10,2)3)18-12-7-5-4-6-11(12)17-14(18)16/h4-7,9-10H,8H2,1-3H3. The van der Waals surface area contributed by atoms with Gasteiger partial charge in [-0.1, -0.05) is 39.0 Å². The third kappa shape index (κ3) is 1.43. The molecule has 2 nitrogen and oxygen atoms in total. The average Bonchev–Trinajstić information content (AvgIpc) is 2.77. The summed E-state index contributed by atoms with van der Waals surface area (Å²) in [6, 6.07) is 7.58. The third-order valence-electron chi connectivity index (χ3n) is 4.32. The Morgan fingerprint density at radius 2 is 2.06 bits per heavy atom. The summed E-state index contributed by atoms with van der Waals surface area (Å²) in [7, 11) is 0. The van der Waals surface area contributed by atoms with Gasteiger partial charge in [0.2, 0.25) is 0 Å². The van der Waals surface area contributed by atoms with Crippen molar-refractivity contribution in [1.29, 1.82) is 0 Å².